The minimum absolute atomic E-state index is 0.250. The summed E-state index contributed by atoms with van der Waals surface area (Å²) in [6, 6.07) is 3.95. The smallest absolute Gasteiger partial charge is 0.410 e. The maximum absolute atomic E-state index is 12.0. The molecule has 0 unspecified atom stereocenters. The molecule has 0 bridgehead atoms. The molecule has 1 saturated heterocycles. The van der Waals surface area contributed by atoms with E-state index in [-0.39, 0.29) is 6.09 Å². The van der Waals surface area contributed by atoms with Crippen LogP contribution in [0.5, 0.6) is 0 Å². The first-order valence-electron chi connectivity index (χ1n) is 7.42. The summed E-state index contributed by atoms with van der Waals surface area (Å²) in [5.74, 6) is 0. The Balaban J connectivity index is 1.84. The average Bonchev–Trinajstić information content (AvgIpc) is 2.46. The van der Waals surface area contributed by atoms with Gasteiger partial charge in [0.05, 0.1) is 5.56 Å². The van der Waals surface area contributed by atoms with Crippen LogP contribution in [0.3, 0.4) is 0 Å². The van der Waals surface area contributed by atoms with Gasteiger partial charge in [-0.15, -0.1) is 0 Å². The van der Waals surface area contributed by atoms with E-state index >= 15 is 0 Å². The SMILES string of the molecule is CC(C)(C)OC(=O)N1CCN(Cc2cncc(C#N)c2)CC1. The molecule has 1 amide bonds. The van der Waals surface area contributed by atoms with E-state index in [0.29, 0.717) is 18.7 Å². The Bertz CT molecular complexity index is 566. The summed E-state index contributed by atoms with van der Waals surface area (Å²) in [4.78, 5) is 20.1. The quantitative estimate of drug-likeness (QED) is 0.836. The number of aromatic nitrogens is 1. The third-order valence-electron chi connectivity index (χ3n) is 3.35. The minimum Gasteiger partial charge on any atom is -0.444 e. The fourth-order valence-electron chi connectivity index (χ4n) is 2.31. The van der Waals surface area contributed by atoms with E-state index < -0.39 is 5.60 Å². The van der Waals surface area contributed by atoms with E-state index in [9.17, 15) is 4.79 Å². The third kappa shape index (κ3) is 4.71. The molecule has 0 spiro atoms. The fraction of sp³-hybridized carbons (Fsp3) is 0.562. The van der Waals surface area contributed by atoms with Crippen molar-refractivity contribution in [1.29, 1.82) is 5.26 Å². The highest BCUT2D eigenvalue weighted by Gasteiger charge is 2.25. The molecule has 1 aromatic rings. The minimum atomic E-state index is -0.461. The lowest BCUT2D eigenvalue weighted by Crippen LogP contribution is -2.49. The molecule has 1 fully saturated rings. The van der Waals surface area contributed by atoms with Crippen LogP contribution in [-0.4, -0.2) is 52.7 Å². The number of hydrogen-bond acceptors (Lipinski definition) is 5. The fourth-order valence-corrected chi connectivity index (χ4v) is 2.31. The topological polar surface area (TPSA) is 69.5 Å². The van der Waals surface area contributed by atoms with Gasteiger partial charge in [0.1, 0.15) is 11.7 Å². The van der Waals surface area contributed by atoms with Gasteiger partial charge in [0.15, 0.2) is 0 Å². The van der Waals surface area contributed by atoms with Crippen LogP contribution in [0.25, 0.3) is 0 Å². The number of amides is 1. The number of carbonyl (C=O) groups excluding carboxylic acids is 1. The third-order valence-corrected chi connectivity index (χ3v) is 3.35. The Morgan fingerprint density at radius 1 is 1.32 bits per heavy atom. The molecule has 6 heteroatoms. The summed E-state index contributed by atoms with van der Waals surface area (Å²) >= 11 is 0. The highest BCUT2D eigenvalue weighted by atomic mass is 16.6. The van der Waals surface area contributed by atoms with Gasteiger partial charge in [-0.05, 0) is 32.4 Å². The maximum Gasteiger partial charge on any atom is 0.410 e. The number of piperazine rings is 1. The molecule has 6 nitrogen and oxygen atoms in total. The molecule has 0 aromatic carbocycles. The number of pyridine rings is 1. The molecule has 0 radical (unpaired) electrons. The van der Waals surface area contributed by atoms with Crippen LogP contribution in [0.4, 0.5) is 4.79 Å². The summed E-state index contributed by atoms with van der Waals surface area (Å²) in [5.41, 5.74) is 1.13. The van der Waals surface area contributed by atoms with Gasteiger partial charge in [-0.2, -0.15) is 5.26 Å². The summed E-state index contributed by atoms with van der Waals surface area (Å²) in [6.45, 7) is 9.24. The lowest BCUT2D eigenvalue weighted by atomic mass is 10.2. The lowest BCUT2D eigenvalue weighted by molar-refractivity contribution is 0.0139. The van der Waals surface area contributed by atoms with Crippen molar-refractivity contribution in [1.82, 2.24) is 14.8 Å². The number of hydrogen-bond donors (Lipinski definition) is 0. The van der Waals surface area contributed by atoms with Gasteiger partial charge in [0, 0.05) is 45.1 Å². The zero-order valence-electron chi connectivity index (χ0n) is 13.4. The first-order chi connectivity index (χ1) is 10.4. The first kappa shape index (κ1) is 16.2. The van der Waals surface area contributed by atoms with Gasteiger partial charge in [-0.1, -0.05) is 0 Å². The molecule has 0 atom stereocenters. The Morgan fingerprint density at radius 3 is 2.59 bits per heavy atom. The molecule has 1 aliphatic heterocycles. The van der Waals surface area contributed by atoms with Gasteiger partial charge < -0.3 is 9.64 Å². The lowest BCUT2D eigenvalue weighted by Gasteiger charge is -2.35. The largest absolute Gasteiger partial charge is 0.444 e. The van der Waals surface area contributed by atoms with Crippen LogP contribution in [0.1, 0.15) is 31.9 Å². The maximum atomic E-state index is 12.0. The van der Waals surface area contributed by atoms with Crippen LogP contribution in [0.15, 0.2) is 18.5 Å². The standard InChI is InChI=1S/C16H22N4O2/c1-16(2,3)22-15(21)20-6-4-19(5-7-20)12-14-8-13(9-17)10-18-11-14/h8,10-11H,4-7,12H2,1-3H3. The van der Waals surface area contributed by atoms with E-state index in [0.717, 1.165) is 25.2 Å². The van der Waals surface area contributed by atoms with Crippen molar-refractivity contribution < 1.29 is 9.53 Å². The molecule has 2 heterocycles. The van der Waals surface area contributed by atoms with Crippen LogP contribution in [0.2, 0.25) is 0 Å². The number of carbonyl (C=O) groups is 1. The summed E-state index contributed by atoms with van der Waals surface area (Å²) in [6.07, 6.45) is 3.09. The number of nitriles is 1. The van der Waals surface area contributed by atoms with Gasteiger partial charge in [0.2, 0.25) is 0 Å². The van der Waals surface area contributed by atoms with Crippen LogP contribution in [0, 0.1) is 11.3 Å². The summed E-state index contributed by atoms with van der Waals surface area (Å²) in [7, 11) is 0. The molecule has 0 saturated carbocycles. The normalized spacial score (nSPS) is 16.2. The molecule has 2 rings (SSSR count). The van der Waals surface area contributed by atoms with Crippen molar-refractivity contribution >= 4 is 6.09 Å². The molecule has 22 heavy (non-hydrogen) atoms. The van der Waals surface area contributed by atoms with Gasteiger partial charge >= 0.3 is 6.09 Å². The van der Waals surface area contributed by atoms with Crippen molar-refractivity contribution in [2.45, 2.75) is 32.9 Å². The number of ether oxygens (including phenoxy) is 1. The summed E-state index contributed by atoms with van der Waals surface area (Å²) < 4.78 is 5.38. The molecular formula is C16H22N4O2. The highest BCUT2D eigenvalue weighted by Crippen LogP contribution is 2.13. The van der Waals surface area contributed by atoms with E-state index in [1.807, 2.05) is 26.8 Å². The molecule has 0 aliphatic carbocycles. The van der Waals surface area contributed by atoms with Gasteiger partial charge in [-0.25, -0.2) is 4.79 Å². The molecule has 1 aliphatic rings. The van der Waals surface area contributed by atoms with Crippen LogP contribution in [-0.2, 0) is 11.3 Å². The van der Waals surface area contributed by atoms with E-state index in [2.05, 4.69) is 16.0 Å². The van der Waals surface area contributed by atoms with Crippen molar-refractivity contribution in [2.75, 3.05) is 26.2 Å². The van der Waals surface area contributed by atoms with Crippen molar-refractivity contribution in [3.8, 4) is 6.07 Å². The number of nitrogens with zero attached hydrogens (tertiary/aromatic N) is 4. The zero-order chi connectivity index (χ0) is 16.2. The predicted octanol–water partition coefficient (Wildman–Crippen LogP) is 2.01. The summed E-state index contributed by atoms with van der Waals surface area (Å²) in [5, 5.41) is 8.89. The Kier molecular flexibility index (Phi) is 4.99. The zero-order valence-corrected chi connectivity index (χ0v) is 13.4. The first-order valence-corrected chi connectivity index (χ1v) is 7.42. The number of rotatable bonds is 2. The van der Waals surface area contributed by atoms with Crippen molar-refractivity contribution in [3.63, 3.8) is 0 Å². The average molecular weight is 302 g/mol. The Hall–Kier alpha value is -2.13. The van der Waals surface area contributed by atoms with Gasteiger partial charge in [0.25, 0.3) is 0 Å². The van der Waals surface area contributed by atoms with Crippen LogP contribution >= 0.6 is 0 Å². The monoisotopic (exact) mass is 302 g/mol. The Morgan fingerprint density at radius 2 is 2.00 bits per heavy atom. The predicted molar refractivity (Wildman–Crippen MR) is 82.0 cm³/mol. The second-order valence-corrected chi connectivity index (χ2v) is 6.44. The molecule has 1 aromatic heterocycles. The van der Waals surface area contributed by atoms with E-state index in [4.69, 9.17) is 10.00 Å². The van der Waals surface area contributed by atoms with E-state index in [1.165, 1.54) is 0 Å². The Labute approximate surface area is 131 Å². The molecular weight excluding hydrogens is 280 g/mol. The van der Waals surface area contributed by atoms with Gasteiger partial charge in [-0.3, -0.25) is 9.88 Å². The molecule has 0 N–H and O–H groups in total. The van der Waals surface area contributed by atoms with Crippen molar-refractivity contribution in [2.24, 2.45) is 0 Å². The van der Waals surface area contributed by atoms with Crippen LogP contribution < -0.4 is 0 Å². The molecule has 118 valence electrons. The van der Waals surface area contributed by atoms with E-state index in [1.54, 1.807) is 17.3 Å². The van der Waals surface area contributed by atoms with Crippen molar-refractivity contribution in [3.05, 3.63) is 29.6 Å². The second-order valence-electron chi connectivity index (χ2n) is 6.44. The highest BCUT2D eigenvalue weighted by molar-refractivity contribution is 5.68. The second kappa shape index (κ2) is 6.75.